The van der Waals surface area contributed by atoms with Crippen LogP contribution in [-0.4, -0.2) is 30.1 Å². The van der Waals surface area contributed by atoms with Crippen molar-refractivity contribution in [3.63, 3.8) is 0 Å². The number of rotatable bonds is 5. The quantitative estimate of drug-likeness (QED) is 0.785. The number of amides is 1. The lowest BCUT2D eigenvalue weighted by molar-refractivity contribution is 0.0693. The van der Waals surface area contributed by atoms with Gasteiger partial charge in [-0.05, 0) is 13.8 Å². The third kappa shape index (κ3) is 3.85. The monoisotopic (exact) mass is 229 g/mol. The van der Waals surface area contributed by atoms with E-state index in [2.05, 4.69) is 10.3 Å². The highest BCUT2D eigenvalue weighted by Gasteiger charge is 2.10. The van der Waals surface area contributed by atoms with Crippen LogP contribution in [0.2, 0.25) is 0 Å². The molecule has 5 nitrogen and oxygen atoms in total. The van der Waals surface area contributed by atoms with E-state index < -0.39 is 0 Å². The number of nitrogens with zero attached hydrogens (tertiary/aromatic N) is 1. The normalized spacial score (nSPS) is 12.4. The maximum atomic E-state index is 11.5. The molecule has 1 aromatic heterocycles. The lowest BCUT2D eigenvalue weighted by Gasteiger charge is -2.11. The number of carbonyl (C=O) groups excluding carboxylic acids is 1. The highest BCUT2D eigenvalue weighted by molar-refractivity contribution is 7.13. The molecule has 1 atom stereocenters. The summed E-state index contributed by atoms with van der Waals surface area (Å²) >= 11 is 1.25. The number of hydrogen-bond acceptors (Lipinski definition) is 5. The Morgan fingerprint density at radius 2 is 2.53 bits per heavy atom. The minimum Gasteiger partial charge on any atom is -0.377 e. The molecule has 1 aromatic rings. The van der Waals surface area contributed by atoms with Crippen LogP contribution >= 0.6 is 11.3 Å². The summed E-state index contributed by atoms with van der Waals surface area (Å²) in [4.78, 5) is 15.4. The number of anilines is 1. The fourth-order valence-electron chi connectivity index (χ4n) is 1.06. The molecule has 0 aliphatic carbocycles. The second kappa shape index (κ2) is 5.67. The standard InChI is InChI=1S/C9H15N3O2S/c1-3-14-6(2)4-11-8(13)7-5-15-9(10)12-7/h5-6H,3-4H2,1-2H3,(H2,10,12)(H,11,13). The third-order valence-corrected chi connectivity index (χ3v) is 2.43. The molecule has 0 saturated carbocycles. The van der Waals surface area contributed by atoms with Crippen LogP contribution in [0.15, 0.2) is 5.38 Å². The molecule has 0 radical (unpaired) electrons. The summed E-state index contributed by atoms with van der Waals surface area (Å²) in [5.41, 5.74) is 5.78. The topological polar surface area (TPSA) is 77.2 Å². The van der Waals surface area contributed by atoms with Crippen LogP contribution in [0, 0.1) is 0 Å². The fourth-order valence-corrected chi connectivity index (χ4v) is 1.61. The molecule has 0 aromatic carbocycles. The van der Waals surface area contributed by atoms with Gasteiger partial charge < -0.3 is 15.8 Å². The summed E-state index contributed by atoms with van der Waals surface area (Å²) in [6.45, 7) is 4.93. The molecule has 1 rings (SSSR count). The molecule has 15 heavy (non-hydrogen) atoms. The molecule has 0 spiro atoms. The molecule has 0 aliphatic rings. The van der Waals surface area contributed by atoms with E-state index in [9.17, 15) is 4.79 Å². The highest BCUT2D eigenvalue weighted by Crippen LogP contribution is 2.10. The number of nitrogen functional groups attached to an aromatic ring is 1. The van der Waals surface area contributed by atoms with Crippen LogP contribution < -0.4 is 11.1 Å². The van der Waals surface area contributed by atoms with Gasteiger partial charge in [0.05, 0.1) is 6.10 Å². The van der Waals surface area contributed by atoms with Gasteiger partial charge in [-0.3, -0.25) is 4.79 Å². The van der Waals surface area contributed by atoms with Crippen LogP contribution in [0.5, 0.6) is 0 Å². The number of hydrogen-bond donors (Lipinski definition) is 2. The van der Waals surface area contributed by atoms with Gasteiger partial charge in [0.15, 0.2) is 5.13 Å². The number of thiazole rings is 1. The van der Waals surface area contributed by atoms with Crippen LogP contribution in [0.4, 0.5) is 5.13 Å². The number of nitrogens with two attached hydrogens (primary N) is 1. The molecule has 1 unspecified atom stereocenters. The van der Waals surface area contributed by atoms with Gasteiger partial charge in [0.25, 0.3) is 5.91 Å². The maximum Gasteiger partial charge on any atom is 0.270 e. The predicted molar refractivity (Wildman–Crippen MR) is 59.9 cm³/mol. The van der Waals surface area contributed by atoms with Gasteiger partial charge in [0.1, 0.15) is 5.69 Å². The summed E-state index contributed by atoms with van der Waals surface area (Å²) in [6, 6.07) is 0. The predicted octanol–water partition coefficient (Wildman–Crippen LogP) is 0.880. The van der Waals surface area contributed by atoms with Crippen LogP contribution in [-0.2, 0) is 4.74 Å². The summed E-state index contributed by atoms with van der Waals surface area (Å²) < 4.78 is 5.28. The zero-order valence-electron chi connectivity index (χ0n) is 8.82. The SMILES string of the molecule is CCOC(C)CNC(=O)c1csc(N)n1. The van der Waals surface area contributed by atoms with Crippen molar-refractivity contribution in [2.24, 2.45) is 0 Å². The fraction of sp³-hybridized carbons (Fsp3) is 0.556. The zero-order valence-corrected chi connectivity index (χ0v) is 9.63. The highest BCUT2D eigenvalue weighted by atomic mass is 32.1. The van der Waals surface area contributed by atoms with E-state index in [4.69, 9.17) is 10.5 Å². The number of ether oxygens (including phenoxy) is 1. The molecule has 1 amide bonds. The molecule has 6 heteroatoms. The molecule has 84 valence electrons. The Hall–Kier alpha value is -1.14. The molecule has 0 fully saturated rings. The first-order chi connectivity index (χ1) is 7.13. The first-order valence-electron chi connectivity index (χ1n) is 4.74. The van der Waals surface area contributed by atoms with E-state index in [1.807, 2.05) is 13.8 Å². The summed E-state index contributed by atoms with van der Waals surface area (Å²) in [7, 11) is 0. The van der Waals surface area contributed by atoms with Gasteiger partial charge in [-0.15, -0.1) is 11.3 Å². The first kappa shape index (κ1) is 11.9. The van der Waals surface area contributed by atoms with Gasteiger partial charge in [-0.1, -0.05) is 0 Å². The van der Waals surface area contributed by atoms with Crippen molar-refractivity contribution in [2.45, 2.75) is 20.0 Å². The zero-order chi connectivity index (χ0) is 11.3. The average Bonchev–Trinajstić information content (AvgIpc) is 2.62. The molecule has 0 saturated heterocycles. The van der Waals surface area contributed by atoms with E-state index in [0.29, 0.717) is 24.0 Å². The van der Waals surface area contributed by atoms with Gasteiger partial charge >= 0.3 is 0 Å². The van der Waals surface area contributed by atoms with Crippen LogP contribution in [0.25, 0.3) is 0 Å². The average molecular weight is 229 g/mol. The van der Waals surface area contributed by atoms with Crippen molar-refractivity contribution in [1.82, 2.24) is 10.3 Å². The maximum absolute atomic E-state index is 11.5. The Labute approximate surface area is 92.6 Å². The Morgan fingerprint density at radius 1 is 1.80 bits per heavy atom. The smallest absolute Gasteiger partial charge is 0.270 e. The Morgan fingerprint density at radius 3 is 3.07 bits per heavy atom. The van der Waals surface area contributed by atoms with E-state index in [0.717, 1.165) is 0 Å². The largest absolute Gasteiger partial charge is 0.377 e. The van der Waals surface area contributed by atoms with E-state index in [1.165, 1.54) is 11.3 Å². The second-order valence-electron chi connectivity index (χ2n) is 3.05. The van der Waals surface area contributed by atoms with Gasteiger partial charge in [0, 0.05) is 18.5 Å². The van der Waals surface area contributed by atoms with Crippen LogP contribution in [0.1, 0.15) is 24.3 Å². The molecule has 3 N–H and O–H groups in total. The second-order valence-corrected chi connectivity index (χ2v) is 3.94. The third-order valence-electron chi connectivity index (χ3n) is 1.76. The summed E-state index contributed by atoms with van der Waals surface area (Å²) in [5.74, 6) is -0.213. The first-order valence-corrected chi connectivity index (χ1v) is 5.62. The van der Waals surface area contributed by atoms with Crippen molar-refractivity contribution in [2.75, 3.05) is 18.9 Å². The lowest BCUT2D eigenvalue weighted by Crippen LogP contribution is -2.32. The van der Waals surface area contributed by atoms with E-state index in [-0.39, 0.29) is 12.0 Å². The number of carbonyl (C=O) groups is 1. The van der Waals surface area contributed by atoms with Gasteiger partial charge in [-0.25, -0.2) is 4.98 Å². The van der Waals surface area contributed by atoms with E-state index >= 15 is 0 Å². The van der Waals surface area contributed by atoms with Crippen LogP contribution in [0.3, 0.4) is 0 Å². The van der Waals surface area contributed by atoms with Crippen molar-refractivity contribution in [1.29, 1.82) is 0 Å². The Bertz CT molecular complexity index is 327. The Kier molecular flexibility index (Phi) is 4.51. The summed E-state index contributed by atoms with van der Waals surface area (Å²) in [5, 5.41) is 4.76. The summed E-state index contributed by atoms with van der Waals surface area (Å²) in [6.07, 6.45) is 0.00920. The van der Waals surface area contributed by atoms with Crippen molar-refractivity contribution < 1.29 is 9.53 Å². The minimum absolute atomic E-state index is 0.00920. The van der Waals surface area contributed by atoms with Crippen molar-refractivity contribution >= 4 is 22.4 Å². The molecular formula is C9H15N3O2S. The minimum atomic E-state index is -0.213. The Balaban J connectivity index is 2.36. The van der Waals surface area contributed by atoms with Crippen molar-refractivity contribution in [3.8, 4) is 0 Å². The molecular weight excluding hydrogens is 214 g/mol. The lowest BCUT2D eigenvalue weighted by atomic mass is 10.3. The van der Waals surface area contributed by atoms with E-state index in [1.54, 1.807) is 5.38 Å². The van der Waals surface area contributed by atoms with Gasteiger partial charge in [0.2, 0.25) is 0 Å². The molecule has 0 bridgehead atoms. The molecule has 0 aliphatic heterocycles. The van der Waals surface area contributed by atoms with Crippen molar-refractivity contribution in [3.05, 3.63) is 11.1 Å². The number of aromatic nitrogens is 1. The van der Waals surface area contributed by atoms with Gasteiger partial charge in [-0.2, -0.15) is 0 Å². The number of nitrogens with one attached hydrogen (secondary N) is 1. The molecule has 1 heterocycles.